The average molecular weight is 278 g/mol. The van der Waals surface area contributed by atoms with Gasteiger partial charge in [-0.25, -0.2) is 4.98 Å². The summed E-state index contributed by atoms with van der Waals surface area (Å²) in [6.45, 7) is 6.18. The van der Waals surface area contributed by atoms with Gasteiger partial charge in [0, 0.05) is 13.1 Å². The van der Waals surface area contributed by atoms with E-state index >= 15 is 0 Å². The predicted molar refractivity (Wildman–Crippen MR) is 87.3 cm³/mol. The molecule has 2 N–H and O–H groups in total. The Morgan fingerprint density at radius 1 is 0.800 bits per heavy atom. The first-order chi connectivity index (χ1) is 9.86. The number of unbranched alkanes of at least 4 members (excludes halogenated alkanes) is 7. The molecule has 0 spiro atoms. The van der Waals surface area contributed by atoms with Crippen molar-refractivity contribution in [2.45, 2.75) is 65.2 Å². The van der Waals surface area contributed by atoms with Crippen molar-refractivity contribution in [1.82, 2.24) is 9.97 Å². The van der Waals surface area contributed by atoms with Crippen molar-refractivity contribution in [2.75, 3.05) is 23.7 Å². The van der Waals surface area contributed by atoms with Gasteiger partial charge in [-0.3, -0.25) is 4.98 Å². The van der Waals surface area contributed by atoms with E-state index in [0.29, 0.717) is 0 Å². The van der Waals surface area contributed by atoms with Crippen LogP contribution in [0.1, 0.15) is 65.2 Å². The fourth-order valence-electron chi connectivity index (χ4n) is 2.19. The molecular weight excluding hydrogens is 248 g/mol. The normalized spacial score (nSPS) is 10.5. The Balaban J connectivity index is 2.02. The van der Waals surface area contributed by atoms with Gasteiger partial charge in [-0.05, 0) is 13.3 Å². The van der Waals surface area contributed by atoms with E-state index < -0.39 is 0 Å². The quantitative estimate of drug-likeness (QED) is 0.554. The minimum atomic E-state index is 0.841. The first kappa shape index (κ1) is 16.7. The smallest absolute Gasteiger partial charge is 0.146 e. The molecule has 1 aromatic rings. The Bertz CT molecular complexity index is 341. The van der Waals surface area contributed by atoms with Crippen LogP contribution in [0.3, 0.4) is 0 Å². The van der Waals surface area contributed by atoms with E-state index in [9.17, 15) is 0 Å². The first-order valence-electron chi connectivity index (χ1n) is 8.16. The highest BCUT2D eigenvalue weighted by Gasteiger charge is 1.97. The zero-order valence-corrected chi connectivity index (χ0v) is 13.1. The van der Waals surface area contributed by atoms with Crippen LogP contribution < -0.4 is 10.6 Å². The van der Waals surface area contributed by atoms with Crippen LogP contribution in [0.15, 0.2) is 12.4 Å². The summed E-state index contributed by atoms with van der Waals surface area (Å²) < 4.78 is 0. The molecule has 0 fully saturated rings. The highest BCUT2D eigenvalue weighted by molar-refractivity contribution is 5.41. The average Bonchev–Trinajstić information content (AvgIpc) is 2.46. The lowest BCUT2D eigenvalue weighted by atomic mass is 10.1. The fourth-order valence-corrected chi connectivity index (χ4v) is 2.19. The van der Waals surface area contributed by atoms with Gasteiger partial charge in [0.25, 0.3) is 0 Å². The molecule has 0 saturated carbocycles. The Labute approximate surface area is 123 Å². The molecule has 0 aromatic carbocycles. The Hall–Kier alpha value is -1.32. The maximum atomic E-state index is 4.45. The van der Waals surface area contributed by atoms with Crippen LogP contribution >= 0.6 is 0 Å². The van der Waals surface area contributed by atoms with Crippen molar-refractivity contribution in [3.05, 3.63) is 12.4 Å². The van der Waals surface area contributed by atoms with Crippen molar-refractivity contribution >= 4 is 11.6 Å². The minimum Gasteiger partial charge on any atom is -0.369 e. The molecule has 4 nitrogen and oxygen atoms in total. The molecule has 0 unspecified atom stereocenters. The van der Waals surface area contributed by atoms with Crippen LogP contribution in [0, 0.1) is 0 Å². The van der Waals surface area contributed by atoms with E-state index in [-0.39, 0.29) is 0 Å². The summed E-state index contributed by atoms with van der Waals surface area (Å²) in [5, 5.41) is 6.51. The predicted octanol–water partition coefficient (Wildman–Crippen LogP) is 4.46. The zero-order valence-electron chi connectivity index (χ0n) is 13.1. The van der Waals surface area contributed by atoms with Gasteiger partial charge in [0.05, 0.1) is 12.4 Å². The van der Waals surface area contributed by atoms with Gasteiger partial charge in [-0.15, -0.1) is 0 Å². The van der Waals surface area contributed by atoms with Crippen LogP contribution in [0.2, 0.25) is 0 Å². The molecule has 114 valence electrons. The second-order valence-corrected chi connectivity index (χ2v) is 5.22. The summed E-state index contributed by atoms with van der Waals surface area (Å²) in [5.74, 6) is 1.71. The summed E-state index contributed by atoms with van der Waals surface area (Å²) in [6, 6.07) is 0. The third-order valence-corrected chi connectivity index (χ3v) is 3.33. The monoisotopic (exact) mass is 278 g/mol. The van der Waals surface area contributed by atoms with Crippen LogP contribution in [-0.2, 0) is 0 Å². The summed E-state index contributed by atoms with van der Waals surface area (Å²) in [5.41, 5.74) is 0. The molecule has 0 aliphatic carbocycles. The van der Waals surface area contributed by atoms with E-state index in [1.807, 2.05) is 0 Å². The number of nitrogens with zero attached hydrogens (tertiary/aromatic N) is 2. The van der Waals surface area contributed by atoms with Crippen LogP contribution in [-0.4, -0.2) is 23.1 Å². The van der Waals surface area contributed by atoms with Gasteiger partial charge in [-0.2, -0.15) is 0 Å². The number of aromatic nitrogens is 2. The van der Waals surface area contributed by atoms with E-state index in [2.05, 4.69) is 34.4 Å². The summed E-state index contributed by atoms with van der Waals surface area (Å²) in [6.07, 6.45) is 14.3. The second-order valence-electron chi connectivity index (χ2n) is 5.22. The van der Waals surface area contributed by atoms with Crippen molar-refractivity contribution in [1.29, 1.82) is 0 Å². The highest BCUT2D eigenvalue weighted by atomic mass is 15.1. The SMILES string of the molecule is CCCCCCCCCCNc1cncc(NCC)n1. The van der Waals surface area contributed by atoms with Crippen LogP contribution in [0.4, 0.5) is 11.6 Å². The van der Waals surface area contributed by atoms with E-state index in [0.717, 1.165) is 24.7 Å². The molecule has 1 rings (SSSR count). The van der Waals surface area contributed by atoms with Crippen LogP contribution in [0.5, 0.6) is 0 Å². The number of hydrogen-bond acceptors (Lipinski definition) is 4. The molecular formula is C16H30N4. The second kappa shape index (κ2) is 11.5. The van der Waals surface area contributed by atoms with E-state index in [4.69, 9.17) is 0 Å². The van der Waals surface area contributed by atoms with Crippen molar-refractivity contribution in [2.24, 2.45) is 0 Å². The third-order valence-electron chi connectivity index (χ3n) is 3.33. The third kappa shape index (κ3) is 7.97. The molecule has 1 heterocycles. The number of rotatable bonds is 12. The largest absolute Gasteiger partial charge is 0.369 e. The molecule has 1 aromatic heterocycles. The summed E-state index contributed by atoms with van der Waals surface area (Å²) in [7, 11) is 0. The Morgan fingerprint density at radius 3 is 2.05 bits per heavy atom. The van der Waals surface area contributed by atoms with Gasteiger partial charge >= 0.3 is 0 Å². The lowest BCUT2D eigenvalue weighted by Crippen LogP contribution is -2.06. The lowest BCUT2D eigenvalue weighted by molar-refractivity contribution is 0.581. The molecule has 0 aliphatic heterocycles. The molecule has 20 heavy (non-hydrogen) atoms. The maximum absolute atomic E-state index is 4.45. The van der Waals surface area contributed by atoms with Crippen molar-refractivity contribution < 1.29 is 0 Å². The maximum Gasteiger partial charge on any atom is 0.146 e. The molecule has 0 aliphatic rings. The molecule has 0 amide bonds. The molecule has 0 saturated heterocycles. The van der Waals surface area contributed by atoms with Crippen molar-refractivity contribution in [3.63, 3.8) is 0 Å². The summed E-state index contributed by atoms with van der Waals surface area (Å²) >= 11 is 0. The minimum absolute atomic E-state index is 0.841. The molecule has 0 atom stereocenters. The standard InChI is InChI=1S/C16H30N4/c1-3-5-6-7-8-9-10-11-12-19-16-14-17-13-15(20-16)18-4-2/h13-14H,3-12H2,1-2H3,(H2,18,19,20). The Morgan fingerprint density at radius 2 is 1.40 bits per heavy atom. The highest BCUT2D eigenvalue weighted by Crippen LogP contribution is 2.09. The molecule has 4 heteroatoms. The molecule has 0 bridgehead atoms. The number of hydrogen-bond donors (Lipinski definition) is 2. The van der Waals surface area contributed by atoms with Gasteiger partial charge in [0.1, 0.15) is 11.6 Å². The lowest BCUT2D eigenvalue weighted by Gasteiger charge is -2.07. The first-order valence-corrected chi connectivity index (χ1v) is 8.16. The Kier molecular flexibility index (Phi) is 9.62. The van der Waals surface area contributed by atoms with E-state index in [1.165, 1.54) is 51.4 Å². The van der Waals surface area contributed by atoms with Gasteiger partial charge in [0.15, 0.2) is 0 Å². The van der Waals surface area contributed by atoms with Gasteiger partial charge < -0.3 is 10.6 Å². The van der Waals surface area contributed by atoms with Crippen molar-refractivity contribution in [3.8, 4) is 0 Å². The van der Waals surface area contributed by atoms with E-state index in [1.54, 1.807) is 12.4 Å². The fraction of sp³-hybridized carbons (Fsp3) is 0.750. The van der Waals surface area contributed by atoms with Crippen LogP contribution in [0.25, 0.3) is 0 Å². The van der Waals surface area contributed by atoms with Gasteiger partial charge in [-0.1, -0.05) is 51.9 Å². The summed E-state index contributed by atoms with van der Waals surface area (Å²) in [4.78, 5) is 8.62. The number of anilines is 2. The topological polar surface area (TPSA) is 49.8 Å². The zero-order chi connectivity index (χ0) is 14.5. The van der Waals surface area contributed by atoms with Gasteiger partial charge in [0.2, 0.25) is 0 Å². The number of nitrogens with one attached hydrogen (secondary N) is 2. The molecule has 0 radical (unpaired) electrons.